The smallest absolute Gasteiger partial charge is 0.251 e. The highest BCUT2D eigenvalue weighted by atomic mass is 16.5. The molecular weight excluding hydrogens is 462 g/mol. The molecule has 0 aliphatic rings. The topological polar surface area (TPSA) is 65.4 Å². The average Bonchev–Trinajstić information content (AvgIpc) is 3.28. The Balaban J connectivity index is 1.41. The number of hydrogen-bond donors (Lipinski definition) is 1. The molecule has 6 nitrogen and oxygen atoms in total. The molecule has 3 aromatic rings. The number of hydrogen-bond acceptors (Lipinski definition) is 4. The molecule has 37 heavy (non-hydrogen) atoms. The number of benzene rings is 2. The van der Waals surface area contributed by atoms with Crippen molar-refractivity contribution in [2.45, 2.75) is 90.5 Å². The van der Waals surface area contributed by atoms with Gasteiger partial charge in [-0.1, -0.05) is 70.4 Å². The number of aryl methyl sites for hydroxylation is 2. The number of fused-ring (bicyclic) bond motifs is 1. The maximum absolute atomic E-state index is 12.5. The van der Waals surface area contributed by atoms with Crippen LogP contribution in [0.15, 0.2) is 42.5 Å². The van der Waals surface area contributed by atoms with Crippen molar-refractivity contribution < 1.29 is 14.3 Å². The van der Waals surface area contributed by atoms with Crippen LogP contribution in [0.3, 0.4) is 0 Å². The summed E-state index contributed by atoms with van der Waals surface area (Å²) in [6.07, 6.45) is 14.7. The van der Waals surface area contributed by atoms with E-state index in [-0.39, 0.29) is 5.91 Å². The first-order valence-electron chi connectivity index (χ1n) is 14.1. The van der Waals surface area contributed by atoms with Gasteiger partial charge in [-0.3, -0.25) is 4.79 Å². The number of aromatic nitrogens is 2. The van der Waals surface area contributed by atoms with E-state index in [4.69, 9.17) is 14.5 Å². The average molecular weight is 508 g/mol. The van der Waals surface area contributed by atoms with E-state index in [2.05, 4.69) is 41.1 Å². The molecule has 0 fully saturated rings. The number of methoxy groups -OCH3 is 2. The van der Waals surface area contributed by atoms with Gasteiger partial charge in [0.15, 0.2) is 11.5 Å². The van der Waals surface area contributed by atoms with E-state index in [1.165, 1.54) is 62.7 Å². The van der Waals surface area contributed by atoms with Gasteiger partial charge < -0.3 is 19.4 Å². The summed E-state index contributed by atoms with van der Waals surface area (Å²) in [7, 11) is 3.16. The fourth-order valence-corrected chi connectivity index (χ4v) is 4.84. The van der Waals surface area contributed by atoms with Crippen LogP contribution in [0.4, 0.5) is 0 Å². The van der Waals surface area contributed by atoms with E-state index in [9.17, 15) is 4.79 Å². The Kier molecular flexibility index (Phi) is 12.3. The van der Waals surface area contributed by atoms with Gasteiger partial charge in [-0.2, -0.15) is 0 Å². The van der Waals surface area contributed by atoms with Crippen molar-refractivity contribution in [3.05, 3.63) is 53.9 Å². The van der Waals surface area contributed by atoms with Crippen LogP contribution in [-0.4, -0.2) is 36.2 Å². The molecule has 1 N–H and O–H groups in total. The predicted octanol–water partition coefficient (Wildman–Crippen LogP) is 7.34. The first-order valence-corrected chi connectivity index (χ1v) is 14.1. The maximum atomic E-state index is 12.5. The maximum Gasteiger partial charge on any atom is 0.251 e. The van der Waals surface area contributed by atoms with Crippen LogP contribution in [-0.2, 0) is 13.0 Å². The molecule has 0 atom stereocenters. The highest BCUT2D eigenvalue weighted by Gasteiger charge is 2.12. The standard InChI is InChI=1S/C31H45N3O3/c1-4-5-6-7-8-9-10-16-23-34-27-18-14-13-17-26(27)33-30(34)19-12-11-15-22-32-31(35)25-20-21-28(36-2)29(24-25)37-3/h13-14,17-18,20-21,24H,4-12,15-16,19,22-23H2,1-3H3,(H,32,35). The van der Waals surface area contributed by atoms with E-state index < -0.39 is 0 Å². The highest BCUT2D eigenvalue weighted by molar-refractivity contribution is 5.94. The molecular formula is C31H45N3O3. The lowest BCUT2D eigenvalue weighted by Crippen LogP contribution is -2.24. The van der Waals surface area contributed by atoms with Crippen molar-refractivity contribution in [1.82, 2.24) is 14.9 Å². The van der Waals surface area contributed by atoms with Gasteiger partial charge in [0.1, 0.15) is 5.82 Å². The van der Waals surface area contributed by atoms with Gasteiger partial charge >= 0.3 is 0 Å². The summed E-state index contributed by atoms with van der Waals surface area (Å²) in [5, 5.41) is 3.02. The Morgan fingerprint density at radius 2 is 1.54 bits per heavy atom. The largest absolute Gasteiger partial charge is 0.493 e. The van der Waals surface area contributed by atoms with Crippen molar-refractivity contribution in [2.75, 3.05) is 20.8 Å². The van der Waals surface area contributed by atoms with E-state index in [1.807, 2.05) is 0 Å². The van der Waals surface area contributed by atoms with Crippen molar-refractivity contribution in [3.8, 4) is 11.5 Å². The molecule has 3 rings (SSSR count). The number of rotatable bonds is 18. The molecule has 0 unspecified atom stereocenters. The zero-order chi connectivity index (χ0) is 26.3. The third-order valence-corrected chi connectivity index (χ3v) is 6.98. The van der Waals surface area contributed by atoms with Crippen LogP contribution < -0.4 is 14.8 Å². The van der Waals surface area contributed by atoms with Crippen LogP contribution in [0.2, 0.25) is 0 Å². The zero-order valence-electron chi connectivity index (χ0n) is 23.1. The number of imidazole rings is 1. The summed E-state index contributed by atoms with van der Waals surface area (Å²) in [6, 6.07) is 13.7. The van der Waals surface area contributed by atoms with Crippen molar-refractivity contribution in [1.29, 1.82) is 0 Å². The SMILES string of the molecule is CCCCCCCCCCn1c(CCCCCNC(=O)c2ccc(OC)c(OC)c2)nc2ccccc21. The number of carbonyl (C=O) groups excluding carboxylic acids is 1. The summed E-state index contributed by atoms with van der Waals surface area (Å²) in [5.41, 5.74) is 2.93. The molecule has 202 valence electrons. The Morgan fingerprint density at radius 1 is 0.838 bits per heavy atom. The van der Waals surface area contributed by atoms with E-state index in [1.54, 1.807) is 32.4 Å². The Hall–Kier alpha value is -3.02. The molecule has 0 radical (unpaired) electrons. The molecule has 1 heterocycles. The number of ether oxygens (including phenoxy) is 2. The van der Waals surface area contributed by atoms with Gasteiger partial charge in [-0.15, -0.1) is 0 Å². The minimum atomic E-state index is -0.0897. The molecule has 1 aromatic heterocycles. The Bertz CT molecular complexity index is 1090. The Labute approximate surface area is 222 Å². The Morgan fingerprint density at radius 3 is 2.30 bits per heavy atom. The molecule has 0 saturated carbocycles. The number of amides is 1. The second-order valence-corrected chi connectivity index (χ2v) is 9.78. The first-order chi connectivity index (χ1) is 18.2. The molecule has 6 heteroatoms. The van der Waals surface area contributed by atoms with Crippen molar-refractivity contribution in [3.63, 3.8) is 0 Å². The van der Waals surface area contributed by atoms with Crippen LogP contribution in [0, 0.1) is 0 Å². The minimum Gasteiger partial charge on any atom is -0.493 e. The van der Waals surface area contributed by atoms with Gasteiger partial charge in [0.25, 0.3) is 5.91 Å². The summed E-state index contributed by atoms with van der Waals surface area (Å²) >= 11 is 0. The summed E-state index contributed by atoms with van der Waals surface area (Å²) in [6.45, 7) is 3.97. The lowest BCUT2D eigenvalue weighted by atomic mass is 10.1. The third kappa shape index (κ3) is 8.80. The number of nitrogens with zero attached hydrogens (tertiary/aromatic N) is 2. The number of nitrogens with one attached hydrogen (secondary N) is 1. The van der Waals surface area contributed by atoms with E-state index in [0.717, 1.165) is 37.7 Å². The molecule has 0 aliphatic heterocycles. The third-order valence-electron chi connectivity index (χ3n) is 6.98. The highest BCUT2D eigenvalue weighted by Crippen LogP contribution is 2.27. The molecule has 1 amide bonds. The molecule has 2 aromatic carbocycles. The fourth-order valence-electron chi connectivity index (χ4n) is 4.84. The van der Waals surface area contributed by atoms with E-state index >= 15 is 0 Å². The van der Waals surface area contributed by atoms with Crippen molar-refractivity contribution >= 4 is 16.9 Å². The van der Waals surface area contributed by atoms with Crippen LogP contribution in [0.25, 0.3) is 11.0 Å². The molecule has 0 bridgehead atoms. The summed E-state index contributed by atoms with van der Waals surface area (Å²) in [5.74, 6) is 2.28. The number of para-hydroxylation sites is 2. The monoisotopic (exact) mass is 507 g/mol. The van der Waals surface area contributed by atoms with Gasteiger partial charge in [0.2, 0.25) is 0 Å². The second-order valence-electron chi connectivity index (χ2n) is 9.78. The van der Waals surface area contributed by atoms with Gasteiger partial charge in [-0.25, -0.2) is 4.98 Å². The predicted molar refractivity (Wildman–Crippen MR) is 152 cm³/mol. The zero-order valence-corrected chi connectivity index (χ0v) is 23.1. The van der Waals surface area contributed by atoms with Crippen LogP contribution in [0.1, 0.15) is 93.7 Å². The van der Waals surface area contributed by atoms with Gasteiger partial charge in [-0.05, 0) is 49.6 Å². The quantitative estimate of drug-likeness (QED) is 0.183. The number of carbonyl (C=O) groups is 1. The lowest BCUT2D eigenvalue weighted by molar-refractivity contribution is 0.0952. The first kappa shape index (κ1) is 28.5. The van der Waals surface area contributed by atoms with Crippen molar-refractivity contribution in [2.24, 2.45) is 0 Å². The summed E-state index contributed by atoms with van der Waals surface area (Å²) < 4.78 is 13.0. The normalized spacial score (nSPS) is 11.1. The van der Waals surface area contributed by atoms with Crippen LogP contribution >= 0.6 is 0 Å². The fraction of sp³-hybridized carbons (Fsp3) is 0.548. The summed E-state index contributed by atoms with van der Waals surface area (Å²) in [4.78, 5) is 17.5. The van der Waals surface area contributed by atoms with Gasteiger partial charge in [0, 0.05) is 25.1 Å². The van der Waals surface area contributed by atoms with E-state index in [0.29, 0.717) is 23.6 Å². The van der Waals surface area contributed by atoms with Gasteiger partial charge in [0.05, 0.1) is 25.3 Å². The molecule has 0 saturated heterocycles. The lowest BCUT2D eigenvalue weighted by Gasteiger charge is -2.11. The second kappa shape index (κ2) is 16.0. The minimum absolute atomic E-state index is 0.0897. The van der Waals surface area contributed by atoms with Crippen LogP contribution in [0.5, 0.6) is 11.5 Å². The molecule has 0 spiro atoms. The number of unbranched alkanes of at least 4 members (excludes halogenated alkanes) is 9. The molecule has 0 aliphatic carbocycles.